The Labute approximate surface area is 114 Å². The van der Waals surface area contributed by atoms with E-state index in [1.165, 1.54) is 6.07 Å². The summed E-state index contributed by atoms with van der Waals surface area (Å²) in [6.07, 6.45) is 3.59. The summed E-state index contributed by atoms with van der Waals surface area (Å²) in [5.74, 6) is -1.30. The molecule has 0 saturated heterocycles. The highest BCUT2D eigenvalue weighted by Crippen LogP contribution is 2.15. The summed E-state index contributed by atoms with van der Waals surface area (Å²) in [5, 5.41) is 0. The number of rotatable bonds is 3. The van der Waals surface area contributed by atoms with Crippen molar-refractivity contribution in [3.05, 3.63) is 53.6 Å². The van der Waals surface area contributed by atoms with Gasteiger partial charge in [0.05, 0.1) is 18.7 Å². The van der Waals surface area contributed by atoms with Gasteiger partial charge in [-0.2, -0.15) is 0 Å². The highest BCUT2D eigenvalue weighted by molar-refractivity contribution is 5.98. The van der Waals surface area contributed by atoms with E-state index in [0.29, 0.717) is 13.1 Å². The molecule has 0 saturated carbocycles. The van der Waals surface area contributed by atoms with Crippen molar-refractivity contribution in [3.8, 4) is 0 Å². The lowest BCUT2D eigenvalue weighted by atomic mass is 10.1. The number of hydrogen-bond donors (Lipinski definition) is 0. The van der Waals surface area contributed by atoms with Crippen molar-refractivity contribution in [1.82, 2.24) is 14.5 Å². The Bertz CT molecular complexity index is 633. The summed E-state index contributed by atoms with van der Waals surface area (Å²) in [6, 6.07) is 3.44. The van der Waals surface area contributed by atoms with Gasteiger partial charge in [0.2, 0.25) is 0 Å². The standard InChI is InChI=1S/C14H13F2N3O/c15-10-2-1-3-11(16)14(10)12(20)8-18-6-7-19-5-4-17-13(19)9-18/h1-5H,6-9H2. The van der Waals surface area contributed by atoms with Crippen LogP contribution >= 0.6 is 0 Å². The summed E-state index contributed by atoms with van der Waals surface area (Å²) in [6.45, 7) is 1.88. The number of carbonyl (C=O) groups excluding carboxylic acids is 1. The third-order valence-electron chi connectivity index (χ3n) is 3.43. The topological polar surface area (TPSA) is 38.1 Å². The zero-order valence-electron chi connectivity index (χ0n) is 10.7. The van der Waals surface area contributed by atoms with Gasteiger partial charge < -0.3 is 4.57 Å². The number of Topliss-reactive ketones (excluding diaryl/α,β-unsaturated/α-hetero) is 1. The van der Waals surface area contributed by atoms with Gasteiger partial charge in [0.25, 0.3) is 0 Å². The number of ketones is 1. The van der Waals surface area contributed by atoms with E-state index in [0.717, 1.165) is 24.5 Å². The van der Waals surface area contributed by atoms with Crippen molar-refractivity contribution < 1.29 is 13.6 Å². The van der Waals surface area contributed by atoms with Crippen LogP contribution in [0.1, 0.15) is 16.2 Å². The Kier molecular flexibility index (Phi) is 3.31. The summed E-state index contributed by atoms with van der Waals surface area (Å²) in [7, 11) is 0. The maximum Gasteiger partial charge on any atom is 0.182 e. The minimum Gasteiger partial charge on any atom is -0.333 e. The maximum atomic E-state index is 13.5. The Morgan fingerprint density at radius 1 is 1.25 bits per heavy atom. The molecule has 1 aromatic carbocycles. The molecule has 0 aliphatic carbocycles. The van der Waals surface area contributed by atoms with Crippen LogP contribution in [0.5, 0.6) is 0 Å². The molecule has 4 nitrogen and oxygen atoms in total. The molecule has 3 rings (SSSR count). The Morgan fingerprint density at radius 3 is 2.75 bits per heavy atom. The van der Waals surface area contributed by atoms with E-state index in [4.69, 9.17) is 0 Å². The fraction of sp³-hybridized carbons (Fsp3) is 0.286. The van der Waals surface area contributed by atoms with Crippen LogP contribution in [-0.4, -0.2) is 33.3 Å². The van der Waals surface area contributed by atoms with E-state index >= 15 is 0 Å². The van der Waals surface area contributed by atoms with Crippen LogP contribution in [0.15, 0.2) is 30.6 Å². The van der Waals surface area contributed by atoms with E-state index in [1.54, 1.807) is 6.20 Å². The third kappa shape index (κ3) is 2.34. The number of imidazole rings is 1. The second kappa shape index (κ2) is 5.13. The first-order chi connectivity index (χ1) is 9.65. The van der Waals surface area contributed by atoms with Gasteiger partial charge in [0, 0.05) is 25.5 Å². The van der Waals surface area contributed by atoms with E-state index < -0.39 is 23.0 Å². The molecule has 0 radical (unpaired) electrons. The van der Waals surface area contributed by atoms with Crippen LogP contribution in [0, 0.1) is 11.6 Å². The molecule has 6 heteroatoms. The molecule has 0 atom stereocenters. The lowest BCUT2D eigenvalue weighted by molar-refractivity contribution is 0.0899. The molecule has 1 aliphatic rings. The average molecular weight is 277 g/mol. The van der Waals surface area contributed by atoms with Crippen LogP contribution in [0.4, 0.5) is 8.78 Å². The SMILES string of the molecule is O=C(CN1CCn2ccnc2C1)c1c(F)cccc1F. The summed E-state index contributed by atoms with van der Waals surface area (Å²) in [4.78, 5) is 18.1. The molecular weight excluding hydrogens is 264 g/mol. The van der Waals surface area contributed by atoms with Crippen LogP contribution in [0.25, 0.3) is 0 Å². The first-order valence-corrected chi connectivity index (χ1v) is 6.35. The molecule has 0 amide bonds. The van der Waals surface area contributed by atoms with E-state index in [9.17, 15) is 13.6 Å². The van der Waals surface area contributed by atoms with E-state index in [2.05, 4.69) is 4.98 Å². The van der Waals surface area contributed by atoms with Gasteiger partial charge in [-0.3, -0.25) is 9.69 Å². The fourth-order valence-electron chi connectivity index (χ4n) is 2.40. The van der Waals surface area contributed by atoms with Gasteiger partial charge >= 0.3 is 0 Å². The van der Waals surface area contributed by atoms with Gasteiger partial charge in [-0.15, -0.1) is 0 Å². The summed E-state index contributed by atoms with van der Waals surface area (Å²) in [5.41, 5.74) is -0.457. The molecule has 104 valence electrons. The van der Waals surface area contributed by atoms with E-state index in [-0.39, 0.29) is 6.54 Å². The number of hydrogen-bond acceptors (Lipinski definition) is 3. The molecule has 0 fully saturated rings. The lowest BCUT2D eigenvalue weighted by Crippen LogP contribution is -2.37. The van der Waals surface area contributed by atoms with Crippen LogP contribution < -0.4 is 0 Å². The first kappa shape index (κ1) is 12.9. The largest absolute Gasteiger partial charge is 0.333 e. The zero-order valence-corrected chi connectivity index (χ0v) is 10.7. The smallest absolute Gasteiger partial charge is 0.182 e. The zero-order chi connectivity index (χ0) is 14.1. The molecule has 20 heavy (non-hydrogen) atoms. The van der Waals surface area contributed by atoms with Crippen LogP contribution in [0.3, 0.4) is 0 Å². The van der Waals surface area contributed by atoms with Gasteiger partial charge in [0.15, 0.2) is 5.78 Å². The van der Waals surface area contributed by atoms with Crippen LogP contribution in [0.2, 0.25) is 0 Å². The number of benzene rings is 1. The Morgan fingerprint density at radius 2 is 2.00 bits per heavy atom. The van der Waals surface area contributed by atoms with E-state index in [1.807, 2.05) is 15.7 Å². The van der Waals surface area contributed by atoms with Gasteiger partial charge in [-0.05, 0) is 12.1 Å². The highest BCUT2D eigenvalue weighted by atomic mass is 19.1. The summed E-state index contributed by atoms with van der Waals surface area (Å²) >= 11 is 0. The van der Waals surface area contributed by atoms with Gasteiger partial charge in [-0.1, -0.05) is 6.07 Å². The maximum absolute atomic E-state index is 13.5. The number of halogens is 2. The van der Waals surface area contributed by atoms with Crippen LogP contribution in [-0.2, 0) is 13.1 Å². The minimum absolute atomic E-state index is 0.00921. The number of carbonyl (C=O) groups is 1. The summed E-state index contributed by atoms with van der Waals surface area (Å²) < 4.78 is 29.1. The molecule has 0 N–H and O–H groups in total. The minimum atomic E-state index is -0.812. The number of aromatic nitrogens is 2. The average Bonchev–Trinajstić information content (AvgIpc) is 2.85. The Balaban J connectivity index is 1.74. The third-order valence-corrected chi connectivity index (χ3v) is 3.43. The Hall–Kier alpha value is -2.08. The highest BCUT2D eigenvalue weighted by Gasteiger charge is 2.23. The fourth-order valence-corrected chi connectivity index (χ4v) is 2.40. The molecule has 1 aliphatic heterocycles. The second-order valence-corrected chi connectivity index (χ2v) is 4.77. The second-order valence-electron chi connectivity index (χ2n) is 4.77. The van der Waals surface area contributed by atoms with Crippen molar-refractivity contribution in [2.75, 3.05) is 13.1 Å². The molecule has 2 aromatic rings. The quantitative estimate of drug-likeness (QED) is 0.804. The van der Waals surface area contributed by atoms with Gasteiger partial charge in [0.1, 0.15) is 17.5 Å². The molecule has 0 unspecified atom stereocenters. The van der Waals surface area contributed by atoms with Crippen molar-refractivity contribution >= 4 is 5.78 Å². The lowest BCUT2D eigenvalue weighted by Gasteiger charge is -2.26. The van der Waals surface area contributed by atoms with Crippen molar-refractivity contribution in [2.45, 2.75) is 13.1 Å². The van der Waals surface area contributed by atoms with Gasteiger partial charge in [-0.25, -0.2) is 13.8 Å². The normalized spacial score (nSPS) is 15.1. The number of nitrogens with zero attached hydrogens (tertiary/aromatic N) is 3. The van der Waals surface area contributed by atoms with Crippen molar-refractivity contribution in [2.24, 2.45) is 0 Å². The monoisotopic (exact) mass is 277 g/mol. The molecule has 2 heterocycles. The van der Waals surface area contributed by atoms with Crippen molar-refractivity contribution in [3.63, 3.8) is 0 Å². The first-order valence-electron chi connectivity index (χ1n) is 6.35. The predicted molar refractivity (Wildman–Crippen MR) is 68.2 cm³/mol. The molecule has 0 bridgehead atoms. The number of fused-ring (bicyclic) bond motifs is 1. The van der Waals surface area contributed by atoms with Crippen molar-refractivity contribution in [1.29, 1.82) is 0 Å². The predicted octanol–water partition coefficient (Wildman–Crippen LogP) is 1.86. The molecular formula is C14H13F2N3O. The molecule has 0 spiro atoms. The molecule has 1 aromatic heterocycles.